The van der Waals surface area contributed by atoms with E-state index in [0.29, 0.717) is 0 Å². The Bertz CT molecular complexity index is 378. The minimum atomic E-state index is -1.55. The number of rotatable bonds is 29. The lowest BCUT2D eigenvalue weighted by molar-refractivity contribution is 0.314. The number of hydrogen-bond acceptors (Lipinski definition) is 2. The summed E-state index contributed by atoms with van der Waals surface area (Å²) in [5.74, 6) is 1.03. The lowest BCUT2D eigenvalue weighted by Crippen LogP contribution is -2.38. The van der Waals surface area contributed by atoms with Crippen LogP contribution < -0.4 is 0 Å². The first-order valence-corrected chi connectivity index (χ1v) is 19.2. The Kier molecular flexibility index (Phi) is 28.5. The molecule has 0 aromatic carbocycles. The maximum atomic E-state index is 6.62. The molecule has 1 atom stereocenters. The van der Waals surface area contributed by atoms with Crippen molar-refractivity contribution < 1.29 is 4.43 Å². The predicted octanol–water partition coefficient (Wildman–Crippen LogP) is 11.9. The molecule has 0 aromatic heterocycles. The lowest BCUT2D eigenvalue weighted by Gasteiger charge is -2.31. The molecular weight excluding hydrogens is 448 g/mol. The van der Waals surface area contributed by atoms with Crippen LogP contribution in [-0.2, 0) is 4.43 Å². The van der Waals surface area contributed by atoms with Gasteiger partial charge in [0.25, 0.3) is 0 Å². The zero-order chi connectivity index (χ0) is 25.0. The largest absolute Gasteiger partial charge is 0.417 e. The zero-order valence-corrected chi connectivity index (χ0v) is 26.0. The van der Waals surface area contributed by atoms with Crippen molar-refractivity contribution in [2.24, 2.45) is 0 Å². The van der Waals surface area contributed by atoms with Crippen molar-refractivity contribution in [3.63, 3.8) is 0 Å². The SMILES string of the molecule is CCCCCCCCCCCCCC[Si](CCCS)(CCCCCCCCCCCC)OCC. The van der Waals surface area contributed by atoms with Gasteiger partial charge in [0.2, 0.25) is 0 Å². The quantitative estimate of drug-likeness (QED) is 0.0593. The van der Waals surface area contributed by atoms with Crippen LogP contribution in [0, 0.1) is 0 Å². The molecule has 0 amide bonds. The standard InChI is InChI=1S/C31H66OSSi/c1-4-7-9-11-13-15-17-18-20-22-24-26-30-34(32-6-3,31-27-28-33)29-25-23-21-19-16-14-12-10-8-5-2/h33H,4-31H2,1-3H3. The fraction of sp³-hybridized carbons (Fsp3) is 1.00. The molecule has 0 heterocycles. The fourth-order valence-electron chi connectivity index (χ4n) is 5.52. The van der Waals surface area contributed by atoms with Gasteiger partial charge in [0.1, 0.15) is 0 Å². The van der Waals surface area contributed by atoms with Gasteiger partial charge in [-0.2, -0.15) is 12.6 Å². The summed E-state index contributed by atoms with van der Waals surface area (Å²) in [6, 6.07) is 4.16. The summed E-state index contributed by atoms with van der Waals surface area (Å²) in [6.45, 7) is 7.76. The highest BCUT2D eigenvalue weighted by molar-refractivity contribution is 7.80. The fourth-order valence-corrected chi connectivity index (χ4v) is 10.4. The third kappa shape index (κ3) is 23.0. The van der Waals surface area contributed by atoms with Crippen molar-refractivity contribution in [3.8, 4) is 0 Å². The second kappa shape index (κ2) is 28.1. The molecule has 1 nitrogen and oxygen atoms in total. The van der Waals surface area contributed by atoms with E-state index in [9.17, 15) is 0 Å². The highest BCUT2D eigenvalue weighted by atomic mass is 32.1. The van der Waals surface area contributed by atoms with Gasteiger partial charge in [-0.25, -0.2) is 0 Å². The first-order valence-electron chi connectivity index (χ1n) is 16.0. The van der Waals surface area contributed by atoms with Crippen LogP contribution in [0.1, 0.15) is 168 Å². The van der Waals surface area contributed by atoms with Crippen molar-refractivity contribution >= 4 is 20.9 Å². The van der Waals surface area contributed by atoms with E-state index in [0.717, 1.165) is 12.4 Å². The topological polar surface area (TPSA) is 9.23 Å². The minimum absolute atomic E-state index is 0.925. The number of thiol groups is 1. The molecule has 0 aromatic rings. The summed E-state index contributed by atoms with van der Waals surface area (Å²) in [6.07, 6.45) is 32.9. The van der Waals surface area contributed by atoms with Crippen molar-refractivity contribution in [1.82, 2.24) is 0 Å². The van der Waals surface area contributed by atoms with Crippen molar-refractivity contribution in [2.45, 2.75) is 187 Å². The second-order valence-corrected chi connectivity index (χ2v) is 15.6. The van der Waals surface area contributed by atoms with Crippen molar-refractivity contribution in [2.75, 3.05) is 12.4 Å². The van der Waals surface area contributed by atoms with E-state index in [1.54, 1.807) is 0 Å². The van der Waals surface area contributed by atoms with Gasteiger partial charge in [-0.3, -0.25) is 0 Å². The molecule has 0 spiro atoms. The maximum absolute atomic E-state index is 6.62. The van der Waals surface area contributed by atoms with Gasteiger partial charge in [-0.05, 0) is 37.2 Å². The zero-order valence-electron chi connectivity index (χ0n) is 24.2. The Morgan fingerprint density at radius 1 is 0.412 bits per heavy atom. The molecule has 3 heteroatoms. The Morgan fingerprint density at radius 3 is 1.00 bits per heavy atom. The Balaban J connectivity index is 3.98. The highest BCUT2D eigenvalue weighted by Crippen LogP contribution is 2.30. The van der Waals surface area contributed by atoms with Crippen LogP contribution in [-0.4, -0.2) is 20.7 Å². The molecule has 34 heavy (non-hydrogen) atoms. The maximum Gasteiger partial charge on any atom is 0.192 e. The second-order valence-electron chi connectivity index (χ2n) is 11.0. The summed E-state index contributed by atoms with van der Waals surface area (Å²) in [4.78, 5) is 0. The summed E-state index contributed by atoms with van der Waals surface area (Å²) in [7, 11) is -1.55. The van der Waals surface area contributed by atoms with Crippen LogP contribution in [0.5, 0.6) is 0 Å². The molecule has 0 aliphatic carbocycles. The molecule has 0 radical (unpaired) electrons. The van der Waals surface area contributed by atoms with Gasteiger partial charge < -0.3 is 4.43 Å². The van der Waals surface area contributed by atoms with E-state index in [-0.39, 0.29) is 0 Å². The van der Waals surface area contributed by atoms with Crippen LogP contribution in [0.2, 0.25) is 18.1 Å². The minimum Gasteiger partial charge on any atom is -0.417 e. The molecule has 0 aliphatic rings. The van der Waals surface area contributed by atoms with Gasteiger partial charge in [0, 0.05) is 6.61 Å². The van der Waals surface area contributed by atoms with E-state index in [2.05, 4.69) is 33.4 Å². The molecule has 0 saturated heterocycles. The molecule has 0 fully saturated rings. The smallest absolute Gasteiger partial charge is 0.192 e. The summed E-state index contributed by atoms with van der Waals surface area (Å²) in [5, 5.41) is 0. The van der Waals surface area contributed by atoms with Gasteiger partial charge in [0.05, 0.1) is 0 Å². The third-order valence-corrected chi connectivity index (χ3v) is 12.7. The van der Waals surface area contributed by atoms with Crippen molar-refractivity contribution in [3.05, 3.63) is 0 Å². The molecular formula is C31H66OSSi. The van der Waals surface area contributed by atoms with Gasteiger partial charge in [-0.15, -0.1) is 0 Å². The van der Waals surface area contributed by atoms with Crippen LogP contribution in [0.4, 0.5) is 0 Å². The highest BCUT2D eigenvalue weighted by Gasteiger charge is 2.32. The molecule has 0 aliphatic heterocycles. The molecule has 0 rings (SSSR count). The first-order chi connectivity index (χ1) is 16.7. The molecule has 1 unspecified atom stereocenters. The van der Waals surface area contributed by atoms with Crippen molar-refractivity contribution in [1.29, 1.82) is 0 Å². The van der Waals surface area contributed by atoms with Crippen LogP contribution in [0.3, 0.4) is 0 Å². The summed E-state index contributed by atoms with van der Waals surface area (Å²) < 4.78 is 6.62. The first kappa shape index (κ1) is 34.5. The molecule has 206 valence electrons. The Labute approximate surface area is 223 Å². The van der Waals surface area contributed by atoms with E-state index in [1.165, 1.54) is 166 Å². The van der Waals surface area contributed by atoms with E-state index in [4.69, 9.17) is 4.43 Å². The number of hydrogen-bond donors (Lipinski definition) is 1. The Morgan fingerprint density at radius 2 is 0.706 bits per heavy atom. The van der Waals surface area contributed by atoms with Gasteiger partial charge in [0.15, 0.2) is 8.32 Å². The van der Waals surface area contributed by atoms with Crippen LogP contribution in [0.25, 0.3) is 0 Å². The van der Waals surface area contributed by atoms with Crippen LogP contribution >= 0.6 is 12.6 Å². The summed E-state index contributed by atoms with van der Waals surface area (Å²) >= 11 is 4.53. The van der Waals surface area contributed by atoms with E-state index < -0.39 is 8.32 Å². The van der Waals surface area contributed by atoms with E-state index >= 15 is 0 Å². The predicted molar refractivity (Wildman–Crippen MR) is 163 cm³/mol. The van der Waals surface area contributed by atoms with Gasteiger partial charge in [-0.1, -0.05) is 155 Å². The lowest BCUT2D eigenvalue weighted by atomic mass is 10.1. The molecule has 0 bridgehead atoms. The Hall–Kier alpha value is 0.527. The van der Waals surface area contributed by atoms with E-state index in [1.807, 2.05) is 0 Å². The number of unbranched alkanes of at least 4 members (excludes halogenated alkanes) is 20. The third-order valence-electron chi connectivity index (χ3n) is 7.71. The normalized spacial score (nSPS) is 13.4. The molecule has 0 saturated carbocycles. The van der Waals surface area contributed by atoms with Gasteiger partial charge >= 0.3 is 0 Å². The average molecular weight is 515 g/mol. The average Bonchev–Trinajstić information content (AvgIpc) is 2.84. The van der Waals surface area contributed by atoms with Crippen LogP contribution in [0.15, 0.2) is 0 Å². The summed E-state index contributed by atoms with van der Waals surface area (Å²) in [5.41, 5.74) is 0. The molecule has 0 N–H and O–H groups in total. The monoisotopic (exact) mass is 514 g/mol.